The van der Waals surface area contributed by atoms with Gasteiger partial charge in [-0.1, -0.05) is 0 Å². The van der Waals surface area contributed by atoms with Crippen LogP contribution in [0.15, 0.2) is 18.2 Å². The van der Waals surface area contributed by atoms with Gasteiger partial charge in [-0.15, -0.1) is 0 Å². The van der Waals surface area contributed by atoms with Crippen molar-refractivity contribution >= 4 is 23.3 Å². The van der Waals surface area contributed by atoms with Gasteiger partial charge >= 0.3 is 0 Å². The summed E-state index contributed by atoms with van der Waals surface area (Å²) in [6, 6.07) is 3.28. The molecule has 10 heteroatoms. The van der Waals surface area contributed by atoms with Gasteiger partial charge in [0.2, 0.25) is 0 Å². The topological polar surface area (TPSA) is 121 Å². The van der Waals surface area contributed by atoms with Gasteiger partial charge in [0.15, 0.2) is 0 Å². The first-order chi connectivity index (χ1) is 15.6. The van der Waals surface area contributed by atoms with Crippen molar-refractivity contribution in [2.75, 3.05) is 12.0 Å². The molecule has 8 nitrogen and oxygen atoms in total. The minimum Gasteiger partial charge on any atom is -0.390 e. The Morgan fingerprint density at radius 3 is 2.42 bits per heavy atom. The second kappa shape index (κ2) is 9.80. The maximum atomic E-state index is 13.5. The van der Waals surface area contributed by atoms with Crippen molar-refractivity contribution in [2.24, 2.45) is 0 Å². The Balaban J connectivity index is 1.91. The molecule has 0 saturated heterocycles. The van der Waals surface area contributed by atoms with Crippen LogP contribution in [0.25, 0.3) is 0 Å². The summed E-state index contributed by atoms with van der Waals surface area (Å²) >= 11 is 0. The lowest BCUT2D eigenvalue weighted by Crippen LogP contribution is -2.46. The number of aliphatic hydroxyl groups is 2. The van der Waals surface area contributed by atoms with E-state index in [0.29, 0.717) is 23.4 Å². The molecule has 1 saturated carbocycles. The van der Waals surface area contributed by atoms with Crippen molar-refractivity contribution in [2.45, 2.75) is 58.4 Å². The average molecular weight is 463 g/mol. The number of alkyl halides is 1. The van der Waals surface area contributed by atoms with Crippen LogP contribution in [-0.4, -0.2) is 57.3 Å². The van der Waals surface area contributed by atoms with E-state index in [1.54, 1.807) is 13.8 Å². The maximum Gasteiger partial charge on any atom is 0.294 e. The number of hydrogen-bond donors (Lipinski definition) is 4. The summed E-state index contributed by atoms with van der Waals surface area (Å²) in [5.74, 6) is -3.00. The highest BCUT2D eigenvalue weighted by molar-refractivity contribution is 6.43. The number of amides is 2. The first kappa shape index (κ1) is 24.5. The molecule has 0 bridgehead atoms. The van der Waals surface area contributed by atoms with Crippen LogP contribution in [0.1, 0.15) is 50.5 Å². The zero-order valence-electron chi connectivity index (χ0n) is 18.6. The van der Waals surface area contributed by atoms with E-state index in [4.69, 9.17) is 0 Å². The van der Waals surface area contributed by atoms with E-state index in [1.807, 2.05) is 0 Å². The fourth-order valence-electron chi connectivity index (χ4n) is 4.26. The van der Waals surface area contributed by atoms with Crippen molar-refractivity contribution in [1.29, 1.82) is 0 Å². The Morgan fingerprint density at radius 1 is 1.15 bits per heavy atom. The number of nitrogens with one attached hydrogen (secondary N) is 2. The number of aliphatic hydroxyl groups excluding tert-OH is 2. The number of aryl methyl sites for hydroxylation is 1. The molecule has 0 radical (unpaired) electrons. The molecule has 1 fully saturated rings. The fraction of sp³-hybridized carbons (Fsp3) is 0.435. The van der Waals surface area contributed by atoms with E-state index in [9.17, 15) is 33.4 Å². The van der Waals surface area contributed by atoms with Crippen LogP contribution < -0.4 is 10.6 Å². The number of rotatable bonds is 7. The Hall–Kier alpha value is -3.11. The summed E-state index contributed by atoms with van der Waals surface area (Å²) in [6.07, 6.45) is -1.60. The van der Waals surface area contributed by atoms with Crippen LogP contribution in [0.4, 0.5) is 14.5 Å². The van der Waals surface area contributed by atoms with Gasteiger partial charge in [0.25, 0.3) is 17.6 Å². The van der Waals surface area contributed by atoms with Gasteiger partial charge in [0.05, 0.1) is 29.9 Å². The smallest absolute Gasteiger partial charge is 0.294 e. The highest BCUT2D eigenvalue weighted by Crippen LogP contribution is 2.26. The first-order valence-corrected chi connectivity index (χ1v) is 10.6. The first-order valence-electron chi connectivity index (χ1n) is 10.6. The molecule has 1 aromatic heterocycles. The van der Waals surface area contributed by atoms with E-state index >= 15 is 0 Å². The largest absolute Gasteiger partial charge is 0.390 e. The van der Waals surface area contributed by atoms with Gasteiger partial charge in [-0.05, 0) is 62.9 Å². The standard InChI is InChI=1S/C23H27F2N3O5/c1-11-10-14(4-5-15(11)25)26-22(32)18-12(2)19(28(9-8-24)13(18)3)21(31)23(33)27-16-6-7-17(29)20(16)30/h4-5,10,16-17,20,29-30H,6-9H2,1-3H3,(H,26,32)(H,27,33)/t16-,17-,20-/m1/s1. The van der Waals surface area contributed by atoms with E-state index in [0.717, 1.165) is 0 Å². The summed E-state index contributed by atoms with van der Waals surface area (Å²) in [6.45, 7) is 3.51. The van der Waals surface area contributed by atoms with Crippen LogP contribution >= 0.6 is 0 Å². The van der Waals surface area contributed by atoms with E-state index < -0.39 is 48.3 Å². The number of carbonyl (C=O) groups is 3. The number of ketones is 1. The fourth-order valence-corrected chi connectivity index (χ4v) is 4.26. The zero-order valence-corrected chi connectivity index (χ0v) is 18.6. The van der Waals surface area contributed by atoms with Crippen molar-refractivity contribution in [3.05, 3.63) is 52.1 Å². The van der Waals surface area contributed by atoms with Gasteiger partial charge in [0, 0.05) is 11.4 Å². The molecule has 2 amide bonds. The molecule has 0 spiro atoms. The molecule has 33 heavy (non-hydrogen) atoms. The summed E-state index contributed by atoms with van der Waals surface area (Å²) in [5.41, 5.74) is 1.16. The Kier molecular flexibility index (Phi) is 7.28. The summed E-state index contributed by atoms with van der Waals surface area (Å²) in [7, 11) is 0. The predicted octanol–water partition coefficient (Wildman–Crippen LogP) is 1.96. The van der Waals surface area contributed by atoms with Crippen LogP contribution in [-0.2, 0) is 11.3 Å². The molecule has 178 valence electrons. The lowest BCUT2D eigenvalue weighted by Gasteiger charge is -2.18. The lowest BCUT2D eigenvalue weighted by molar-refractivity contribution is -0.118. The normalized spacial score (nSPS) is 20.0. The molecular weight excluding hydrogens is 436 g/mol. The van der Waals surface area contributed by atoms with Crippen LogP contribution in [0.3, 0.4) is 0 Å². The Bertz CT molecular complexity index is 1100. The van der Waals surface area contributed by atoms with Gasteiger partial charge in [-0.3, -0.25) is 14.4 Å². The van der Waals surface area contributed by atoms with Crippen LogP contribution in [0, 0.1) is 26.6 Å². The number of aromatic nitrogens is 1. The number of anilines is 1. The monoisotopic (exact) mass is 463 g/mol. The third kappa shape index (κ3) is 4.81. The number of Topliss-reactive ketones (excluding diaryl/α,β-unsaturated/α-hetero) is 1. The summed E-state index contributed by atoms with van der Waals surface area (Å²) < 4.78 is 28.1. The van der Waals surface area contributed by atoms with E-state index in [1.165, 1.54) is 29.7 Å². The highest BCUT2D eigenvalue weighted by Gasteiger charge is 2.37. The van der Waals surface area contributed by atoms with Crippen LogP contribution in [0.5, 0.6) is 0 Å². The number of halogens is 2. The average Bonchev–Trinajstić information content (AvgIpc) is 3.20. The third-order valence-electron chi connectivity index (χ3n) is 6.04. The number of carbonyl (C=O) groups excluding carboxylic acids is 3. The second-order valence-electron chi connectivity index (χ2n) is 8.24. The van der Waals surface area contributed by atoms with Crippen molar-refractivity contribution in [3.63, 3.8) is 0 Å². The molecule has 2 aromatic rings. The second-order valence-corrected chi connectivity index (χ2v) is 8.24. The van der Waals surface area contributed by atoms with Crippen molar-refractivity contribution in [1.82, 2.24) is 9.88 Å². The van der Waals surface area contributed by atoms with Crippen LogP contribution in [0.2, 0.25) is 0 Å². The van der Waals surface area contributed by atoms with E-state index in [2.05, 4.69) is 10.6 Å². The SMILES string of the molecule is Cc1cc(NC(=O)c2c(C)c(C(=O)C(=O)N[C@@H]3CC[C@@H](O)[C@@H]3O)n(CCF)c2C)ccc1F. The Morgan fingerprint density at radius 2 is 1.85 bits per heavy atom. The molecular formula is C23H27F2N3O5. The molecule has 1 aliphatic rings. The van der Waals surface area contributed by atoms with Gasteiger partial charge < -0.3 is 25.4 Å². The Labute approximate surface area is 189 Å². The molecule has 0 unspecified atom stereocenters. The number of hydrogen-bond acceptors (Lipinski definition) is 5. The molecule has 0 aliphatic heterocycles. The molecule has 1 heterocycles. The van der Waals surface area contributed by atoms with Crippen molar-refractivity contribution in [3.8, 4) is 0 Å². The van der Waals surface area contributed by atoms with Gasteiger partial charge in [-0.2, -0.15) is 0 Å². The third-order valence-corrected chi connectivity index (χ3v) is 6.04. The zero-order chi connectivity index (χ0) is 24.4. The minimum atomic E-state index is -1.19. The number of nitrogens with zero attached hydrogens (tertiary/aromatic N) is 1. The number of benzene rings is 1. The molecule has 1 aromatic carbocycles. The summed E-state index contributed by atoms with van der Waals surface area (Å²) in [4.78, 5) is 38.6. The molecule has 3 rings (SSSR count). The van der Waals surface area contributed by atoms with Crippen molar-refractivity contribution < 1.29 is 33.4 Å². The highest BCUT2D eigenvalue weighted by atomic mass is 19.1. The molecule has 3 atom stereocenters. The van der Waals surface area contributed by atoms with E-state index in [-0.39, 0.29) is 29.8 Å². The minimum absolute atomic E-state index is 0.109. The lowest BCUT2D eigenvalue weighted by atomic mass is 10.1. The summed E-state index contributed by atoms with van der Waals surface area (Å²) in [5, 5.41) is 24.7. The van der Waals surface area contributed by atoms with Gasteiger partial charge in [0.1, 0.15) is 18.6 Å². The predicted molar refractivity (Wildman–Crippen MR) is 116 cm³/mol. The molecule has 4 N–H and O–H groups in total. The molecule has 1 aliphatic carbocycles. The maximum absolute atomic E-state index is 13.5. The quantitative estimate of drug-likeness (QED) is 0.370. The van der Waals surface area contributed by atoms with Gasteiger partial charge in [-0.25, -0.2) is 8.78 Å².